The fraction of sp³-hybridized carbons (Fsp3) is 0.320. The minimum absolute atomic E-state index is 0.0817. The van der Waals surface area contributed by atoms with E-state index >= 15 is 0 Å². The maximum atomic E-state index is 13.2. The predicted molar refractivity (Wildman–Crippen MR) is 119 cm³/mol. The van der Waals surface area contributed by atoms with Crippen LogP contribution in [-0.2, 0) is 6.61 Å². The van der Waals surface area contributed by atoms with Gasteiger partial charge < -0.3 is 28.3 Å². The molecule has 4 rings (SSSR count). The average Bonchev–Trinajstić information content (AvgIpc) is 3.52. The van der Waals surface area contributed by atoms with Crippen LogP contribution in [0.15, 0.2) is 59.0 Å². The molecule has 1 amide bonds. The molecule has 1 fully saturated rings. The fourth-order valence-corrected chi connectivity index (χ4v) is 4.03. The Morgan fingerprint density at radius 3 is 2.50 bits per heavy atom. The molecule has 32 heavy (non-hydrogen) atoms. The molecule has 7 heteroatoms. The van der Waals surface area contributed by atoms with Gasteiger partial charge in [0.05, 0.1) is 27.4 Å². The molecule has 0 saturated carbocycles. The van der Waals surface area contributed by atoms with Gasteiger partial charge in [-0.1, -0.05) is 12.1 Å². The Labute approximate surface area is 187 Å². The van der Waals surface area contributed by atoms with Gasteiger partial charge in [-0.2, -0.15) is 0 Å². The predicted octanol–water partition coefficient (Wildman–Crippen LogP) is 4.86. The number of amides is 1. The van der Waals surface area contributed by atoms with E-state index in [0.29, 0.717) is 41.1 Å². The largest absolute Gasteiger partial charge is 0.497 e. The first-order valence-corrected chi connectivity index (χ1v) is 10.5. The molecule has 2 heterocycles. The van der Waals surface area contributed by atoms with Gasteiger partial charge in [0.2, 0.25) is 0 Å². The smallest absolute Gasteiger partial charge is 0.290 e. The molecule has 0 aliphatic carbocycles. The van der Waals surface area contributed by atoms with Crippen molar-refractivity contribution in [1.29, 1.82) is 0 Å². The minimum atomic E-state index is -0.145. The molecule has 1 unspecified atom stereocenters. The summed E-state index contributed by atoms with van der Waals surface area (Å²) in [5.41, 5.74) is 0.963. The molecule has 1 aliphatic rings. The number of carbonyl (C=O) groups is 1. The van der Waals surface area contributed by atoms with Gasteiger partial charge >= 0.3 is 0 Å². The summed E-state index contributed by atoms with van der Waals surface area (Å²) in [5.74, 6) is 3.40. The van der Waals surface area contributed by atoms with E-state index < -0.39 is 0 Å². The van der Waals surface area contributed by atoms with Gasteiger partial charge in [0.25, 0.3) is 5.91 Å². The van der Waals surface area contributed by atoms with E-state index in [4.69, 9.17) is 23.4 Å². The van der Waals surface area contributed by atoms with Crippen molar-refractivity contribution in [1.82, 2.24) is 4.90 Å². The zero-order valence-corrected chi connectivity index (χ0v) is 18.5. The Balaban J connectivity index is 1.48. The van der Waals surface area contributed by atoms with Crippen LogP contribution in [0.5, 0.6) is 23.0 Å². The Hall–Kier alpha value is -3.61. The zero-order valence-electron chi connectivity index (χ0n) is 18.5. The number of nitrogens with zero attached hydrogens (tertiary/aromatic N) is 1. The highest BCUT2D eigenvalue weighted by atomic mass is 16.5. The Morgan fingerprint density at radius 2 is 1.75 bits per heavy atom. The van der Waals surface area contributed by atoms with Crippen LogP contribution in [0.4, 0.5) is 0 Å². The summed E-state index contributed by atoms with van der Waals surface area (Å²) in [6, 6.07) is 16.5. The van der Waals surface area contributed by atoms with Crippen LogP contribution in [0.3, 0.4) is 0 Å². The summed E-state index contributed by atoms with van der Waals surface area (Å²) in [5, 5.41) is 0. The molecule has 7 nitrogen and oxygen atoms in total. The standard InChI is InChI=1S/C25H27NO6/c1-28-17-10-12-19(24(15-17)30-3)20-7-6-14-26(20)25(27)23-13-11-18(32-23)16-31-22-9-5-4-8-21(22)29-2/h4-5,8-13,15,20H,6-7,14,16H2,1-3H3. The molecule has 168 valence electrons. The third-order valence-electron chi connectivity index (χ3n) is 5.62. The van der Waals surface area contributed by atoms with Gasteiger partial charge in [0.1, 0.15) is 23.9 Å². The second-order valence-electron chi connectivity index (χ2n) is 7.47. The molecular weight excluding hydrogens is 410 g/mol. The zero-order chi connectivity index (χ0) is 22.5. The first kappa shape index (κ1) is 21.6. The highest BCUT2D eigenvalue weighted by Crippen LogP contribution is 2.39. The molecule has 0 radical (unpaired) electrons. The van der Waals surface area contributed by atoms with Crippen LogP contribution in [0, 0.1) is 0 Å². The monoisotopic (exact) mass is 437 g/mol. The fourth-order valence-electron chi connectivity index (χ4n) is 4.03. The van der Waals surface area contributed by atoms with E-state index in [1.807, 2.05) is 47.4 Å². The number of hydrogen-bond acceptors (Lipinski definition) is 6. The average molecular weight is 437 g/mol. The maximum absolute atomic E-state index is 13.2. The lowest BCUT2D eigenvalue weighted by Gasteiger charge is -2.25. The number of carbonyl (C=O) groups excluding carboxylic acids is 1. The molecule has 1 aromatic heterocycles. The first-order valence-electron chi connectivity index (χ1n) is 10.5. The van der Waals surface area contributed by atoms with Gasteiger partial charge in [0, 0.05) is 18.2 Å². The van der Waals surface area contributed by atoms with Crippen LogP contribution in [0.1, 0.15) is 40.8 Å². The van der Waals surface area contributed by atoms with Crippen LogP contribution in [0.2, 0.25) is 0 Å². The van der Waals surface area contributed by atoms with E-state index in [1.165, 1.54) is 0 Å². The van der Waals surface area contributed by atoms with Crippen LogP contribution in [-0.4, -0.2) is 38.7 Å². The van der Waals surface area contributed by atoms with Crippen molar-refractivity contribution < 1.29 is 28.2 Å². The van der Waals surface area contributed by atoms with Crippen LogP contribution >= 0.6 is 0 Å². The quantitative estimate of drug-likeness (QED) is 0.501. The third kappa shape index (κ3) is 4.37. The molecule has 2 aromatic carbocycles. The van der Waals surface area contributed by atoms with Gasteiger partial charge in [0.15, 0.2) is 17.3 Å². The Bertz CT molecular complexity index is 1080. The van der Waals surface area contributed by atoms with Crippen LogP contribution < -0.4 is 18.9 Å². The lowest BCUT2D eigenvalue weighted by Crippen LogP contribution is -2.30. The number of para-hydroxylation sites is 2. The van der Waals surface area contributed by atoms with Gasteiger partial charge in [-0.25, -0.2) is 0 Å². The SMILES string of the molecule is COc1ccc(C2CCCN2C(=O)c2ccc(COc3ccccc3OC)o2)c(OC)c1. The van der Waals surface area contributed by atoms with Gasteiger partial charge in [-0.05, 0) is 49.2 Å². The number of methoxy groups -OCH3 is 3. The van der Waals surface area contributed by atoms with Crippen molar-refractivity contribution in [3.05, 3.63) is 71.7 Å². The molecule has 1 aliphatic heterocycles. The highest BCUT2D eigenvalue weighted by molar-refractivity contribution is 5.92. The number of hydrogen-bond donors (Lipinski definition) is 0. The van der Waals surface area contributed by atoms with Crippen molar-refractivity contribution in [3.63, 3.8) is 0 Å². The normalized spacial score (nSPS) is 15.5. The van der Waals surface area contributed by atoms with Crippen molar-refractivity contribution in [2.24, 2.45) is 0 Å². The topological polar surface area (TPSA) is 70.4 Å². The summed E-state index contributed by atoms with van der Waals surface area (Å²) in [6.45, 7) is 0.857. The van der Waals surface area contributed by atoms with Gasteiger partial charge in [-0.15, -0.1) is 0 Å². The van der Waals surface area contributed by atoms with E-state index in [1.54, 1.807) is 33.5 Å². The van der Waals surface area contributed by atoms with E-state index in [2.05, 4.69) is 0 Å². The molecular formula is C25H27NO6. The van der Waals surface area contributed by atoms with Crippen LogP contribution in [0.25, 0.3) is 0 Å². The summed E-state index contributed by atoms with van der Waals surface area (Å²) < 4.78 is 27.8. The Kier molecular flexibility index (Phi) is 6.54. The number of furan rings is 1. The lowest BCUT2D eigenvalue weighted by molar-refractivity contribution is 0.0697. The number of ether oxygens (including phenoxy) is 4. The number of rotatable bonds is 8. The molecule has 1 atom stereocenters. The van der Waals surface area contributed by atoms with E-state index in [9.17, 15) is 4.79 Å². The molecule has 3 aromatic rings. The lowest BCUT2D eigenvalue weighted by atomic mass is 10.0. The second-order valence-corrected chi connectivity index (χ2v) is 7.47. The van der Waals surface area contributed by atoms with E-state index in [-0.39, 0.29) is 18.6 Å². The maximum Gasteiger partial charge on any atom is 0.290 e. The molecule has 0 N–H and O–H groups in total. The number of benzene rings is 2. The van der Waals surface area contributed by atoms with Gasteiger partial charge in [-0.3, -0.25) is 4.79 Å². The third-order valence-corrected chi connectivity index (χ3v) is 5.62. The summed E-state index contributed by atoms with van der Waals surface area (Å²) in [4.78, 5) is 15.1. The molecule has 1 saturated heterocycles. The Morgan fingerprint density at radius 1 is 0.969 bits per heavy atom. The second kappa shape index (κ2) is 9.68. The van der Waals surface area contributed by atoms with Crippen molar-refractivity contribution in [3.8, 4) is 23.0 Å². The molecule has 0 spiro atoms. The van der Waals surface area contributed by atoms with Crippen molar-refractivity contribution in [2.75, 3.05) is 27.9 Å². The summed E-state index contributed by atoms with van der Waals surface area (Å²) in [6.07, 6.45) is 1.77. The van der Waals surface area contributed by atoms with Crippen molar-refractivity contribution in [2.45, 2.75) is 25.5 Å². The van der Waals surface area contributed by atoms with E-state index in [0.717, 1.165) is 18.4 Å². The van der Waals surface area contributed by atoms with Crippen molar-refractivity contribution >= 4 is 5.91 Å². The molecule has 0 bridgehead atoms. The summed E-state index contributed by atoms with van der Waals surface area (Å²) >= 11 is 0. The minimum Gasteiger partial charge on any atom is -0.497 e. The highest BCUT2D eigenvalue weighted by Gasteiger charge is 2.34. The first-order chi connectivity index (χ1) is 15.6. The summed E-state index contributed by atoms with van der Waals surface area (Å²) in [7, 11) is 4.84. The number of likely N-dealkylation sites (tertiary alicyclic amines) is 1.